The summed E-state index contributed by atoms with van der Waals surface area (Å²) in [5, 5.41) is 0. The van der Waals surface area contributed by atoms with E-state index in [1.807, 2.05) is 0 Å². The standard InChI is InChI=1S/C15H22O2/c16-14(13-1-2-17-9-13)15-6-10-3-11(7-15)5-12(4-10)8-15/h10-13H,1-9H2. The quantitative estimate of drug-likeness (QED) is 0.734. The monoisotopic (exact) mass is 234 g/mol. The Kier molecular flexibility index (Phi) is 2.21. The van der Waals surface area contributed by atoms with E-state index in [4.69, 9.17) is 4.74 Å². The number of ether oxygens (including phenoxy) is 1. The molecule has 5 aliphatic rings. The molecule has 2 nitrogen and oxygen atoms in total. The highest BCUT2D eigenvalue weighted by atomic mass is 16.5. The highest BCUT2D eigenvalue weighted by Gasteiger charge is 2.55. The predicted molar refractivity (Wildman–Crippen MR) is 64.5 cm³/mol. The van der Waals surface area contributed by atoms with Gasteiger partial charge in [-0.1, -0.05) is 0 Å². The lowest BCUT2D eigenvalue weighted by atomic mass is 9.47. The fraction of sp³-hybridized carbons (Fsp3) is 0.933. The Balaban J connectivity index is 1.61. The molecule has 0 spiro atoms. The summed E-state index contributed by atoms with van der Waals surface area (Å²) in [6.07, 6.45) is 8.91. The summed E-state index contributed by atoms with van der Waals surface area (Å²) in [7, 11) is 0. The maximum absolute atomic E-state index is 12.8. The number of hydrogen-bond acceptors (Lipinski definition) is 2. The summed E-state index contributed by atoms with van der Waals surface area (Å²) in [5.41, 5.74) is 0.104. The van der Waals surface area contributed by atoms with Gasteiger partial charge in [0.05, 0.1) is 6.61 Å². The molecule has 1 aliphatic heterocycles. The molecular weight excluding hydrogens is 212 g/mol. The van der Waals surface area contributed by atoms with Gasteiger partial charge in [-0.25, -0.2) is 0 Å². The van der Waals surface area contributed by atoms with Gasteiger partial charge in [-0.3, -0.25) is 4.79 Å². The average molecular weight is 234 g/mol. The number of rotatable bonds is 2. The lowest BCUT2D eigenvalue weighted by Crippen LogP contribution is -2.51. The van der Waals surface area contributed by atoms with Crippen LogP contribution < -0.4 is 0 Å². The molecule has 0 aromatic heterocycles. The Morgan fingerprint density at radius 2 is 1.59 bits per heavy atom. The first kappa shape index (κ1) is 10.5. The summed E-state index contributed by atoms with van der Waals surface area (Å²) in [5.74, 6) is 3.48. The molecule has 0 amide bonds. The molecule has 5 fully saturated rings. The predicted octanol–water partition coefficient (Wildman–Crippen LogP) is 2.81. The molecule has 1 saturated heterocycles. The van der Waals surface area contributed by atoms with Crippen LogP contribution in [0.15, 0.2) is 0 Å². The largest absolute Gasteiger partial charge is 0.381 e. The van der Waals surface area contributed by atoms with Crippen molar-refractivity contribution in [1.29, 1.82) is 0 Å². The van der Waals surface area contributed by atoms with Crippen LogP contribution in [-0.2, 0) is 9.53 Å². The second-order valence-corrected chi connectivity index (χ2v) is 7.12. The van der Waals surface area contributed by atoms with Gasteiger partial charge in [0.2, 0.25) is 0 Å². The third kappa shape index (κ3) is 1.53. The van der Waals surface area contributed by atoms with Crippen LogP contribution in [0.1, 0.15) is 44.9 Å². The molecule has 4 bridgehead atoms. The SMILES string of the molecule is O=C(C1CCOC1)C12CC3CC(CC(C3)C1)C2. The van der Waals surface area contributed by atoms with Crippen LogP contribution in [0.25, 0.3) is 0 Å². The number of Topliss-reactive ketones (excluding diaryl/α,β-unsaturated/α-hetero) is 1. The van der Waals surface area contributed by atoms with E-state index in [1.165, 1.54) is 38.5 Å². The van der Waals surface area contributed by atoms with E-state index in [2.05, 4.69) is 0 Å². The van der Waals surface area contributed by atoms with Crippen LogP contribution in [0.4, 0.5) is 0 Å². The van der Waals surface area contributed by atoms with Gasteiger partial charge in [-0.2, -0.15) is 0 Å². The van der Waals surface area contributed by atoms with Crippen molar-refractivity contribution in [3.8, 4) is 0 Å². The van der Waals surface area contributed by atoms with Gasteiger partial charge in [-0.15, -0.1) is 0 Å². The van der Waals surface area contributed by atoms with Crippen molar-refractivity contribution >= 4 is 5.78 Å². The van der Waals surface area contributed by atoms with Gasteiger partial charge in [0.1, 0.15) is 5.78 Å². The minimum Gasteiger partial charge on any atom is -0.381 e. The van der Waals surface area contributed by atoms with Crippen molar-refractivity contribution in [3.63, 3.8) is 0 Å². The van der Waals surface area contributed by atoms with Crippen LogP contribution in [0.5, 0.6) is 0 Å². The molecule has 2 heteroatoms. The molecule has 4 saturated carbocycles. The zero-order chi connectivity index (χ0) is 11.5. The van der Waals surface area contributed by atoms with Crippen LogP contribution >= 0.6 is 0 Å². The second kappa shape index (κ2) is 3.57. The third-order valence-corrected chi connectivity index (χ3v) is 5.86. The van der Waals surface area contributed by atoms with Gasteiger partial charge in [-0.05, 0) is 62.7 Å². The van der Waals surface area contributed by atoms with Crippen molar-refractivity contribution in [3.05, 3.63) is 0 Å². The zero-order valence-electron chi connectivity index (χ0n) is 10.5. The first-order valence-electron chi connectivity index (χ1n) is 7.37. The average Bonchev–Trinajstić information content (AvgIpc) is 2.79. The van der Waals surface area contributed by atoms with Crippen molar-refractivity contribution in [2.24, 2.45) is 29.1 Å². The van der Waals surface area contributed by atoms with Gasteiger partial charge in [0.15, 0.2) is 0 Å². The second-order valence-electron chi connectivity index (χ2n) is 7.12. The summed E-state index contributed by atoms with van der Waals surface area (Å²) in [4.78, 5) is 12.8. The topological polar surface area (TPSA) is 26.3 Å². The molecule has 1 atom stereocenters. The molecule has 5 rings (SSSR count). The van der Waals surface area contributed by atoms with E-state index in [9.17, 15) is 4.79 Å². The maximum Gasteiger partial charge on any atom is 0.144 e. The summed E-state index contributed by atoms with van der Waals surface area (Å²) in [6, 6.07) is 0. The smallest absolute Gasteiger partial charge is 0.144 e. The van der Waals surface area contributed by atoms with E-state index >= 15 is 0 Å². The van der Waals surface area contributed by atoms with Gasteiger partial charge in [0, 0.05) is 17.9 Å². The normalized spacial score (nSPS) is 52.0. The van der Waals surface area contributed by atoms with Crippen molar-refractivity contribution in [2.75, 3.05) is 13.2 Å². The Labute approximate surface area is 103 Å². The molecule has 0 aromatic carbocycles. The molecule has 0 radical (unpaired) electrons. The van der Waals surface area contributed by atoms with Crippen LogP contribution in [-0.4, -0.2) is 19.0 Å². The molecule has 1 heterocycles. The van der Waals surface area contributed by atoms with Crippen LogP contribution in [0, 0.1) is 29.1 Å². The lowest BCUT2D eigenvalue weighted by Gasteiger charge is -2.56. The van der Waals surface area contributed by atoms with Crippen molar-refractivity contribution in [1.82, 2.24) is 0 Å². The Bertz CT molecular complexity index is 306. The summed E-state index contributed by atoms with van der Waals surface area (Å²) in [6.45, 7) is 1.52. The maximum atomic E-state index is 12.8. The Morgan fingerprint density at radius 3 is 2.06 bits per heavy atom. The van der Waals surface area contributed by atoms with Crippen LogP contribution in [0.2, 0.25) is 0 Å². The first-order valence-corrected chi connectivity index (χ1v) is 7.37. The molecule has 0 aromatic rings. The third-order valence-electron chi connectivity index (χ3n) is 5.86. The Morgan fingerprint density at radius 1 is 1.00 bits per heavy atom. The van der Waals surface area contributed by atoms with E-state index < -0.39 is 0 Å². The summed E-state index contributed by atoms with van der Waals surface area (Å²) >= 11 is 0. The molecule has 4 aliphatic carbocycles. The van der Waals surface area contributed by atoms with Gasteiger partial charge < -0.3 is 4.74 Å². The minimum atomic E-state index is 0.104. The zero-order valence-corrected chi connectivity index (χ0v) is 10.5. The fourth-order valence-electron chi connectivity index (χ4n) is 5.59. The number of ketones is 1. The first-order chi connectivity index (χ1) is 8.25. The minimum absolute atomic E-state index is 0.104. The van der Waals surface area contributed by atoms with Crippen molar-refractivity contribution < 1.29 is 9.53 Å². The highest BCUT2D eigenvalue weighted by molar-refractivity contribution is 5.87. The Hall–Kier alpha value is -0.370. The van der Waals surface area contributed by atoms with Crippen LogP contribution in [0.3, 0.4) is 0 Å². The fourth-order valence-corrected chi connectivity index (χ4v) is 5.59. The molecule has 0 N–H and O–H groups in total. The number of hydrogen-bond donors (Lipinski definition) is 0. The van der Waals surface area contributed by atoms with E-state index in [-0.39, 0.29) is 11.3 Å². The van der Waals surface area contributed by atoms with Gasteiger partial charge >= 0.3 is 0 Å². The molecule has 94 valence electrons. The summed E-state index contributed by atoms with van der Waals surface area (Å²) < 4.78 is 5.42. The highest BCUT2D eigenvalue weighted by Crippen LogP contribution is 2.61. The number of carbonyl (C=O) groups is 1. The van der Waals surface area contributed by atoms with Gasteiger partial charge in [0.25, 0.3) is 0 Å². The van der Waals surface area contributed by atoms with E-state index in [0.717, 1.165) is 30.8 Å². The van der Waals surface area contributed by atoms with Crippen molar-refractivity contribution in [2.45, 2.75) is 44.9 Å². The van der Waals surface area contributed by atoms with E-state index in [1.54, 1.807) is 0 Å². The molecule has 1 unspecified atom stereocenters. The van der Waals surface area contributed by atoms with E-state index in [0.29, 0.717) is 12.4 Å². The lowest BCUT2D eigenvalue weighted by molar-refractivity contribution is -0.148. The number of carbonyl (C=O) groups excluding carboxylic acids is 1. The molecular formula is C15H22O2. The molecule has 17 heavy (non-hydrogen) atoms.